The molecule has 0 aromatic carbocycles. The van der Waals surface area contributed by atoms with Crippen molar-refractivity contribution in [1.29, 1.82) is 0 Å². The summed E-state index contributed by atoms with van der Waals surface area (Å²) in [6.45, 7) is 4.39. The molecule has 0 fully saturated rings. The first kappa shape index (κ1) is 15.7. The van der Waals surface area contributed by atoms with E-state index >= 15 is 0 Å². The molecule has 0 heterocycles. The van der Waals surface area contributed by atoms with E-state index in [4.69, 9.17) is 0 Å². The van der Waals surface area contributed by atoms with Gasteiger partial charge in [-0.2, -0.15) is 0 Å². The van der Waals surface area contributed by atoms with Crippen LogP contribution in [0.4, 0.5) is 0 Å². The van der Waals surface area contributed by atoms with Crippen molar-refractivity contribution in [3.8, 4) is 0 Å². The molecule has 2 radical (unpaired) electrons. The molecule has 0 nitrogen and oxygen atoms in total. The van der Waals surface area contributed by atoms with Crippen LogP contribution in [0.1, 0.15) is 13.8 Å². The molecular weight excluding hydrogens is 177 g/mol. The van der Waals surface area contributed by atoms with Crippen LogP contribution >= 0.6 is 24.8 Å². The third-order valence-corrected chi connectivity index (χ3v) is 0. The molecule has 0 amide bonds. The maximum atomic E-state index is 2.19. The molecule has 0 aromatic rings. The third kappa shape index (κ3) is 62.7. The summed E-state index contributed by atoms with van der Waals surface area (Å²) in [5.41, 5.74) is 0. The van der Waals surface area contributed by atoms with Crippen LogP contribution in [0, 0.1) is 0 Å². The minimum Gasteiger partial charge on any atom is -0.147 e. The zero-order chi connectivity index (χ0) is 3.58. The van der Waals surface area contributed by atoms with Crippen LogP contribution < -0.4 is 0 Å². The van der Waals surface area contributed by atoms with Crippen LogP contribution in [0.15, 0.2) is 0 Å². The number of rotatable bonds is 0. The maximum absolute atomic E-state index is 2.19. The summed E-state index contributed by atoms with van der Waals surface area (Å²) in [5, 5.41) is 0. The molecular formula is C3H9Cl2Ga. The van der Waals surface area contributed by atoms with Gasteiger partial charge >= 0.3 is 36.9 Å². The summed E-state index contributed by atoms with van der Waals surface area (Å²) < 4.78 is 0.896. The van der Waals surface area contributed by atoms with Gasteiger partial charge < -0.3 is 0 Å². The van der Waals surface area contributed by atoms with Gasteiger partial charge in [-0.05, 0) is 0 Å². The molecule has 0 atom stereocenters. The Morgan fingerprint density at radius 2 is 1.17 bits per heavy atom. The molecule has 0 aliphatic heterocycles. The van der Waals surface area contributed by atoms with E-state index in [9.17, 15) is 0 Å². The van der Waals surface area contributed by atoms with E-state index < -0.39 is 0 Å². The van der Waals surface area contributed by atoms with Gasteiger partial charge in [0.15, 0.2) is 0 Å². The van der Waals surface area contributed by atoms with Crippen molar-refractivity contribution < 1.29 is 0 Å². The fourth-order valence-electron chi connectivity index (χ4n) is 0. The predicted molar refractivity (Wildman–Crippen MR) is 35.3 cm³/mol. The van der Waals surface area contributed by atoms with Crippen LogP contribution in [-0.2, 0) is 0 Å². The zero-order valence-corrected chi connectivity index (χ0v) is 8.03. The molecule has 0 unspecified atom stereocenters. The summed E-state index contributed by atoms with van der Waals surface area (Å²) in [4.78, 5) is 0. The van der Waals surface area contributed by atoms with Crippen LogP contribution in [0.25, 0.3) is 0 Å². The van der Waals surface area contributed by atoms with Gasteiger partial charge in [0.05, 0.1) is 0 Å². The van der Waals surface area contributed by atoms with Gasteiger partial charge in [-0.3, -0.25) is 0 Å². The van der Waals surface area contributed by atoms with Crippen molar-refractivity contribution in [1.82, 2.24) is 0 Å². The van der Waals surface area contributed by atoms with E-state index in [1.807, 2.05) is 0 Å². The average Bonchev–Trinajstić information content (AvgIpc) is 0.811. The first-order valence-corrected chi connectivity index (χ1v) is 2.89. The summed E-state index contributed by atoms with van der Waals surface area (Å²) in [5.74, 6) is 0. The number of hydrogen-bond acceptors (Lipinski definition) is 0. The average molecular weight is 186 g/mol. The largest absolute Gasteiger partial charge is 0.147 e. The van der Waals surface area contributed by atoms with Gasteiger partial charge in [0.25, 0.3) is 0 Å². The molecule has 3 heteroatoms. The van der Waals surface area contributed by atoms with Crippen molar-refractivity contribution >= 4 is 43.4 Å². The van der Waals surface area contributed by atoms with Gasteiger partial charge in [-0.1, -0.05) is 0 Å². The minimum absolute atomic E-state index is 0. The van der Waals surface area contributed by atoms with Crippen LogP contribution in [0.5, 0.6) is 0 Å². The molecule has 0 aliphatic rings. The van der Waals surface area contributed by atoms with Crippen molar-refractivity contribution in [3.05, 3.63) is 0 Å². The maximum Gasteiger partial charge on any atom is -0.147 e. The van der Waals surface area contributed by atoms with E-state index in [2.05, 4.69) is 13.8 Å². The van der Waals surface area contributed by atoms with Gasteiger partial charge in [-0.15, -0.1) is 24.8 Å². The normalized spacial score (nSPS) is 5.83. The monoisotopic (exact) mass is 184 g/mol. The molecule has 0 spiro atoms. The molecule has 0 N–H and O–H groups in total. The Morgan fingerprint density at radius 1 is 1.17 bits per heavy atom. The summed E-state index contributed by atoms with van der Waals surface area (Å²) in [6, 6.07) is 0. The second-order valence-corrected chi connectivity index (χ2v) is 4.04. The van der Waals surface area contributed by atoms with Crippen LogP contribution in [0.3, 0.4) is 0 Å². The Morgan fingerprint density at radius 3 is 1.17 bits per heavy atom. The topological polar surface area (TPSA) is 0 Å². The molecule has 0 rings (SSSR count). The summed E-state index contributed by atoms with van der Waals surface area (Å²) in [6.07, 6.45) is 0. The van der Waals surface area contributed by atoms with Crippen LogP contribution in [-0.4, -0.2) is 18.6 Å². The van der Waals surface area contributed by atoms with E-state index in [1.165, 1.54) is 0 Å². The molecule has 0 saturated heterocycles. The van der Waals surface area contributed by atoms with E-state index in [-0.39, 0.29) is 24.8 Å². The fourth-order valence-corrected chi connectivity index (χ4v) is 0. The molecule has 0 aromatic heterocycles. The number of halogens is 2. The Balaban J connectivity index is -0.0000000450. The Kier molecular flexibility index (Phi) is 24.9. The third-order valence-electron chi connectivity index (χ3n) is 0. The van der Waals surface area contributed by atoms with E-state index in [0.717, 1.165) is 4.47 Å². The van der Waals surface area contributed by atoms with Gasteiger partial charge in [0.2, 0.25) is 0 Å². The second-order valence-electron chi connectivity index (χ2n) is 1.24. The number of hydrogen-bond donors (Lipinski definition) is 0. The molecule has 0 bridgehead atoms. The smallest absolute Gasteiger partial charge is 0.147 e. The Bertz CT molecular complexity index is 13.5. The van der Waals surface area contributed by atoms with Gasteiger partial charge in [0.1, 0.15) is 0 Å². The van der Waals surface area contributed by atoms with Crippen molar-refractivity contribution in [2.45, 2.75) is 18.3 Å². The first-order chi connectivity index (χ1) is 1.73. The van der Waals surface area contributed by atoms with Gasteiger partial charge in [0, 0.05) is 0 Å². The van der Waals surface area contributed by atoms with Crippen molar-refractivity contribution in [2.75, 3.05) is 0 Å². The van der Waals surface area contributed by atoms with Crippen molar-refractivity contribution in [2.24, 2.45) is 0 Å². The zero-order valence-electron chi connectivity index (χ0n) is 3.97. The quantitative estimate of drug-likeness (QED) is 0.506. The second kappa shape index (κ2) is 9.51. The fraction of sp³-hybridized carbons (Fsp3) is 1.00. The van der Waals surface area contributed by atoms with Crippen LogP contribution in [0.2, 0.25) is 4.47 Å². The molecule has 0 aliphatic carbocycles. The van der Waals surface area contributed by atoms with Crippen molar-refractivity contribution in [3.63, 3.8) is 0 Å². The summed E-state index contributed by atoms with van der Waals surface area (Å²) >= 11 is 1.80. The Hall–Kier alpha value is 1.22. The van der Waals surface area contributed by atoms with E-state index in [1.54, 1.807) is 18.6 Å². The molecule has 0 saturated carbocycles. The standard InChI is InChI=1S/C3H7.2ClH.Ga/c1-3-2;;;/h3H,1-2H3;2*1H;. The first-order valence-electron chi connectivity index (χ1n) is 1.49. The van der Waals surface area contributed by atoms with E-state index in [0.29, 0.717) is 0 Å². The molecule has 38 valence electrons. The predicted octanol–water partition coefficient (Wildman–Crippen LogP) is 1.83. The Labute approximate surface area is 61.8 Å². The van der Waals surface area contributed by atoms with Gasteiger partial charge in [-0.25, -0.2) is 0 Å². The molecule has 6 heavy (non-hydrogen) atoms. The summed E-state index contributed by atoms with van der Waals surface area (Å²) in [7, 11) is 0. The SMILES string of the molecule is C[CH](C)[Ga].Cl.Cl. The minimum atomic E-state index is 0.